The summed E-state index contributed by atoms with van der Waals surface area (Å²) < 4.78 is 6.36. The van der Waals surface area contributed by atoms with Crippen LogP contribution in [0.5, 0.6) is 0 Å². The van der Waals surface area contributed by atoms with Crippen molar-refractivity contribution in [1.29, 1.82) is 0 Å². The molecule has 3 nitrogen and oxygen atoms in total. The average molecular weight is 299 g/mol. The van der Waals surface area contributed by atoms with Crippen LogP contribution in [0.4, 0.5) is 0 Å². The van der Waals surface area contributed by atoms with E-state index in [1.54, 1.807) is 0 Å². The lowest BCUT2D eigenvalue weighted by atomic mass is 9.68. The molecule has 1 N–H and O–H groups in total. The number of rotatable bonds is 4. The van der Waals surface area contributed by atoms with E-state index >= 15 is 0 Å². The molecule has 0 spiro atoms. The first-order valence-corrected chi connectivity index (χ1v) is 6.40. The number of carboxylic acid groups (broad SMARTS) is 1. The van der Waals surface area contributed by atoms with Gasteiger partial charge in [0.15, 0.2) is 0 Å². The van der Waals surface area contributed by atoms with Gasteiger partial charge in [0.05, 0.1) is 13.2 Å². The lowest BCUT2D eigenvalue weighted by Crippen LogP contribution is -2.52. The van der Waals surface area contributed by atoms with Crippen molar-refractivity contribution in [3.05, 3.63) is 34.3 Å². The second-order valence-corrected chi connectivity index (χ2v) is 5.48. The lowest BCUT2D eigenvalue weighted by molar-refractivity contribution is -0.142. The smallest absolute Gasteiger partial charge is 0.303 e. The van der Waals surface area contributed by atoms with Gasteiger partial charge in [-0.3, -0.25) is 4.79 Å². The number of aliphatic carboxylic acids is 1. The summed E-state index contributed by atoms with van der Waals surface area (Å²) in [5, 5.41) is 8.93. The van der Waals surface area contributed by atoms with Gasteiger partial charge in [-0.2, -0.15) is 0 Å². The molecule has 0 aromatic heterocycles. The summed E-state index contributed by atoms with van der Waals surface area (Å²) in [5.41, 5.74) is 0.998. The summed E-state index contributed by atoms with van der Waals surface area (Å²) in [6.45, 7) is 3.18. The highest BCUT2D eigenvalue weighted by Gasteiger charge is 2.46. The Bertz CT molecular complexity index is 426. The van der Waals surface area contributed by atoms with Crippen molar-refractivity contribution >= 4 is 21.9 Å². The van der Waals surface area contributed by atoms with E-state index in [9.17, 15) is 4.79 Å². The van der Waals surface area contributed by atoms with Crippen LogP contribution >= 0.6 is 15.9 Å². The summed E-state index contributed by atoms with van der Waals surface area (Å²) in [6.07, 6.45) is 0.171. The van der Waals surface area contributed by atoms with Gasteiger partial charge in [0.2, 0.25) is 0 Å². The van der Waals surface area contributed by atoms with Crippen LogP contribution in [0.15, 0.2) is 28.7 Å². The second kappa shape index (κ2) is 4.78. The largest absolute Gasteiger partial charge is 0.481 e. The Kier molecular flexibility index (Phi) is 3.54. The van der Waals surface area contributed by atoms with Crippen LogP contribution in [0.3, 0.4) is 0 Å². The van der Waals surface area contributed by atoms with Gasteiger partial charge in [0, 0.05) is 16.3 Å². The Labute approximate surface area is 109 Å². The van der Waals surface area contributed by atoms with Crippen LogP contribution < -0.4 is 0 Å². The van der Waals surface area contributed by atoms with Crippen molar-refractivity contribution in [2.75, 3.05) is 13.2 Å². The molecule has 0 saturated carbocycles. The standard InChI is InChI=1S/C13H15BrO3/c1-9(6-12(15)16)13(7-17-8-13)10-4-2-3-5-11(10)14/h2-5,9H,6-8H2,1H3,(H,15,16). The molecule has 1 heterocycles. The number of ether oxygens (including phenoxy) is 1. The monoisotopic (exact) mass is 298 g/mol. The first-order chi connectivity index (χ1) is 8.06. The molecule has 1 unspecified atom stereocenters. The maximum absolute atomic E-state index is 10.9. The van der Waals surface area contributed by atoms with Crippen LogP contribution in [0.2, 0.25) is 0 Å². The molecule has 17 heavy (non-hydrogen) atoms. The van der Waals surface area contributed by atoms with E-state index in [-0.39, 0.29) is 17.8 Å². The predicted octanol–water partition coefficient (Wildman–Crippen LogP) is 2.83. The van der Waals surface area contributed by atoms with Crippen molar-refractivity contribution in [3.8, 4) is 0 Å². The molecule has 1 atom stereocenters. The van der Waals surface area contributed by atoms with Crippen molar-refractivity contribution in [2.45, 2.75) is 18.8 Å². The topological polar surface area (TPSA) is 46.5 Å². The van der Waals surface area contributed by atoms with Crippen LogP contribution in [0, 0.1) is 5.92 Å². The Balaban J connectivity index is 2.31. The lowest BCUT2D eigenvalue weighted by Gasteiger charge is -2.46. The number of hydrogen-bond donors (Lipinski definition) is 1. The molecule has 1 aliphatic heterocycles. The van der Waals surface area contributed by atoms with Crippen LogP contribution in [-0.2, 0) is 14.9 Å². The van der Waals surface area contributed by atoms with Crippen LogP contribution in [0.25, 0.3) is 0 Å². The minimum atomic E-state index is -0.754. The highest BCUT2D eigenvalue weighted by Crippen LogP contribution is 2.43. The number of hydrogen-bond acceptors (Lipinski definition) is 2. The van der Waals surface area contributed by atoms with Gasteiger partial charge in [-0.05, 0) is 17.5 Å². The van der Waals surface area contributed by atoms with Gasteiger partial charge in [-0.1, -0.05) is 41.1 Å². The van der Waals surface area contributed by atoms with Crippen molar-refractivity contribution in [3.63, 3.8) is 0 Å². The Morgan fingerprint density at radius 2 is 2.18 bits per heavy atom. The number of carbonyl (C=O) groups is 1. The summed E-state index contributed by atoms with van der Waals surface area (Å²) in [5.74, 6) is -0.691. The fourth-order valence-corrected chi connectivity index (χ4v) is 3.03. The second-order valence-electron chi connectivity index (χ2n) is 4.63. The fourth-order valence-electron chi connectivity index (χ4n) is 2.35. The quantitative estimate of drug-likeness (QED) is 0.930. The Morgan fingerprint density at radius 1 is 1.53 bits per heavy atom. The zero-order valence-electron chi connectivity index (χ0n) is 9.65. The predicted molar refractivity (Wildman–Crippen MR) is 68.1 cm³/mol. The molecule has 1 saturated heterocycles. The SMILES string of the molecule is CC(CC(=O)O)C1(c2ccccc2Br)COC1. The number of benzene rings is 1. The van der Waals surface area contributed by atoms with E-state index in [1.165, 1.54) is 0 Å². The van der Waals surface area contributed by atoms with Gasteiger partial charge in [-0.25, -0.2) is 0 Å². The number of halogens is 1. The molecule has 1 aromatic rings. The molecule has 4 heteroatoms. The van der Waals surface area contributed by atoms with Gasteiger partial charge in [-0.15, -0.1) is 0 Å². The molecule has 0 aliphatic carbocycles. The van der Waals surface area contributed by atoms with Crippen molar-refractivity contribution in [2.24, 2.45) is 5.92 Å². The maximum Gasteiger partial charge on any atom is 0.303 e. The number of carboxylic acids is 1. The van der Waals surface area contributed by atoms with E-state index in [0.29, 0.717) is 13.2 Å². The van der Waals surface area contributed by atoms with E-state index in [1.807, 2.05) is 31.2 Å². The Morgan fingerprint density at radius 3 is 2.65 bits per heavy atom. The third kappa shape index (κ3) is 2.24. The zero-order chi connectivity index (χ0) is 12.5. The minimum absolute atomic E-state index is 0.0625. The highest BCUT2D eigenvalue weighted by molar-refractivity contribution is 9.10. The van der Waals surface area contributed by atoms with Gasteiger partial charge in [0.25, 0.3) is 0 Å². The first kappa shape index (κ1) is 12.6. The molecular formula is C13H15BrO3. The van der Waals surface area contributed by atoms with E-state index in [4.69, 9.17) is 9.84 Å². The van der Waals surface area contributed by atoms with Gasteiger partial charge < -0.3 is 9.84 Å². The van der Waals surface area contributed by atoms with E-state index in [2.05, 4.69) is 15.9 Å². The Hall–Kier alpha value is -0.870. The zero-order valence-corrected chi connectivity index (χ0v) is 11.2. The molecule has 1 fully saturated rings. The first-order valence-electron chi connectivity index (χ1n) is 5.61. The molecule has 0 radical (unpaired) electrons. The fraction of sp³-hybridized carbons (Fsp3) is 0.462. The third-order valence-corrected chi connectivity index (χ3v) is 4.25. The van der Waals surface area contributed by atoms with Crippen LogP contribution in [0.1, 0.15) is 18.9 Å². The molecule has 1 aliphatic rings. The van der Waals surface area contributed by atoms with Crippen molar-refractivity contribution in [1.82, 2.24) is 0 Å². The van der Waals surface area contributed by atoms with Gasteiger partial charge >= 0.3 is 5.97 Å². The van der Waals surface area contributed by atoms with E-state index in [0.717, 1.165) is 10.0 Å². The van der Waals surface area contributed by atoms with Gasteiger partial charge in [0.1, 0.15) is 0 Å². The molecular weight excluding hydrogens is 284 g/mol. The normalized spacial score (nSPS) is 19.4. The highest BCUT2D eigenvalue weighted by atomic mass is 79.9. The summed E-state index contributed by atoms with van der Waals surface area (Å²) >= 11 is 3.54. The molecule has 92 valence electrons. The van der Waals surface area contributed by atoms with Crippen molar-refractivity contribution < 1.29 is 14.6 Å². The van der Waals surface area contributed by atoms with E-state index < -0.39 is 5.97 Å². The minimum Gasteiger partial charge on any atom is -0.481 e. The third-order valence-electron chi connectivity index (χ3n) is 3.55. The molecule has 0 amide bonds. The summed E-state index contributed by atoms with van der Waals surface area (Å²) in [4.78, 5) is 10.9. The van der Waals surface area contributed by atoms with Crippen LogP contribution in [-0.4, -0.2) is 24.3 Å². The maximum atomic E-state index is 10.9. The average Bonchev–Trinajstić information content (AvgIpc) is 2.18. The molecule has 2 rings (SSSR count). The summed E-state index contributed by atoms with van der Waals surface area (Å²) in [6, 6.07) is 7.98. The molecule has 0 bridgehead atoms. The molecule has 1 aromatic carbocycles. The summed E-state index contributed by atoms with van der Waals surface area (Å²) in [7, 11) is 0.